The van der Waals surface area contributed by atoms with E-state index in [0.717, 1.165) is 46.7 Å². The lowest BCUT2D eigenvalue weighted by atomic mass is 9.87. The molecule has 2 heterocycles. The molecule has 2 aliphatic rings. The molecular formula is C32H40N2O6. The van der Waals surface area contributed by atoms with Crippen molar-refractivity contribution in [2.75, 3.05) is 19.8 Å². The van der Waals surface area contributed by atoms with Gasteiger partial charge in [0.05, 0.1) is 19.6 Å². The molecule has 0 spiro atoms. The quantitative estimate of drug-likeness (QED) is 0.262. The number of carboxylic acids is 1. The van der Waals surface area contributed by atoms with Crippen LogP contribution >= 0.6 is 0 Å². The zero-order valence-corrected chi connectivity index (χ0v) is 23.2. The molecule has 1 fully saturated rings. The van der Waals surface area contributed by atoms with Gasteiger partial charge in [-0.15, -0.1) is 0 Å². The molecule has 0 amide bonds. The number of aromatic hydroxyl groups is 2. The lowest BCUT2D eigenvalue weighted by molar-refractivity contribution is -0.138. The lowest BCUT2D eigenvalue weighted by Crippen LogP contribution is -2.35. The number of hydrogen-bond donors (Lipinski definition) is 3. The van der Waals surface area contributed by atoms with Gasteiger partial charge < -0.3 is 24.8 Å². The zero-order valence-electron chi connectivity index (χ0n) is 23.2. The Labute approximate surface area is 235 Å². The summed E-state index contributed by atoms with van der Waals surface area (Å²) in [6.45, 7) is 4.82. The Morgan fingerprint density at radius 2 is 1.85 bits per heavy atom. The average molecular weight is 549 g/mol. The van der Waals surface area contributed by atoms with Crippen molar-refractivity contribution < 1.29 is 29.6 Å². The van der Waals surface area contributed by atoms with Gasteiger partial charge in [0.1, 0.15) is 18.1 Å². The van der Waals surface area contributed by atoms with E-state index in [1.807, 2.05) is 25.1 Å². The van der Waals surface area contributed by atoms with Gasteiger partial charge in [0.25, 0.3) is 0 Å². The molecule has 0 saturated heterocycles. The highest BCUT2D eigenvalue weighted by atomic mass is 16.5. The highest BCUT2D eigenvalue weighted by Crippen LogP contribution is 2.35. The summed E-state index contributed by atoms with van der Waals surface area (Å²) in [6.07, 6.45) is 7.04. The maximum Gasteiger partial charge on any atom is 0.305 e. The predicted octanol–water partition coefficient (Wildman–Crippen LogP) is 5.82. The highest BCUT2D eigenvalue weighted by molar-refractivity contribution is 5.68. The van der Waals surface area contributed by atoms with Crippen LogP contribution in [0.4, 0.5) is 0 Å². The van der Waals surface area contributed by atoms with Crippen LogP contribution in [-0.4, -0.2) is 50.5 Å². The van der Waals surface area contributed by atoms with Crippen LogP contribution in [0.15, 0.2) is 48.5 Å². The number of hydrogen-bond acceptors (Lipinski definition) is 6. The Morgan fingerprint density at radius 1 is 1.07 bits per heavy atom. The number of rotatable bonds is 12. The number of aliphatic carboxylic acids is 1. The maximum absolute atomic E-state index is 12.1. The molecule has 214 valence electrons. The van der Waals surface area contributed by atoms with Crippen LogP contribution in [0.1, 0.15) is 66.8 Å². The smallest absolute Gasteiger partial charge is 0.305 e. The van der Waals surface area contributed by atoms with Gasteiger partial charge >= 0.3 is 5.97 Å². The molecule has 3 aromatic rings. The number of fused-ring (bicyclic) bond motifs is 1. The van der Waals surface area contributed by atoms with E-state index in [1.54, 1.807) is 0 Å². The SMILES string of the molecule is Cc1cc(CN(CC2CCCCC2)C(CC(=O)O)c2ccc3c(c2)CCO3)ccc1OCCn1c(O)ccc1O. The van der Waals surface area contributed by atoms with Crippen molar-refractivity contribution in [3.05, 3.63) is 70.8 Å². The second kappa shape index (κ2) is 12.7. The highest BCUT2D eigenvalue weighted by Gasteiger charge is 2.28. The Bertz CT molecular complexity index is 1290. The molecule has 8 heteroatoms. The molecule has 1 aromatic heterocycles. The van der Waals surface area contributed by atoms with E-state index in [0.29, 0.717) is 32.2 Å². The number of carbonyl (C=O) groups is 1. The molecule has 1 unspecified atom stereocenters. The molecule has 1 aliphatic heterocycles. The first-order valence-corrected chi connectivity index (χ1v) is 14.4. The summed E-state index contributed by atoms with van der Waals surface area (Å²) in [7, 11) is 0. The summed E-state index contributed by atoms with van der Waals surface area (Å²) in [4.78, 5) is 14.5. The van der Waals surface area contributed by atoms with E-state index >= 15 is 0 Å². The number of benzene rings is 2. The molecule has 40 heavy (non-hydrogen) atoms. The fraction of sp³-hybridized carbons (Fsp3) is 0.469. The van der Waals surface area contributed by atoms with Crippen LogP contribution in [0.5, 0.6) is 23.3 Å². The summed E-state index contributed by atoms with van der Waals surface area (Å²) >= 11 is 0. The Hall–Kier alpha value is -3.65. The molecule has 1 atom stereocenters. The molecule has 5 rings (SSSR count). The van der Waals surface area contributed by atoms with Crippen molar-refractivity contribution in [1.82, 2.24) is 9.47 Å². The Balaban J connectivity index is 1.34. The summed E-state index contributed by atoms with van der Waals surface area (Å²) in [5.74, 6) is 1.42. The minimum absolute atomic E-state index is 0.00182. The van der Waals surface area contributed by atoms with Crippen molar-refractivity contribution in [3.63, 3.8) is 0 Å². The van der Waals surface area contributed by atoms with Gasteiger partial charge in [0, 0.05) is 37.7 Å². The fourth-order valence-electron chi connectivity index (χ4n) is 6.17. The van der Waals surface area contributed by atoms with Crippen LogP contribution in [0.2, 0.25) is 0 Å². The molecule has 0 radical (unpaired) electrons. The van der Waals surface area contributed by atoms with Crippen LogP contribution in [0, 0.1) is 12.8 Å². The minimum atomic E-state index is -0.796. The first-order chi connectivity index (χ1) is 19.4. The van der Waals surface area contributed by atoms with Gasteiger partial charge in [0.15, 0.2) is 11.8 Å². The molecule has 8 nitrogen and oxygen atoms in total. The van der Waals surface area contributed by atoms with E-state index in [9.17, 15) is 20.1 Å². The first-order valence-electron chi connectivity index (χ1n) is 14.4. The molecule has 1 saturated carbocycles. The first kappa shape index (κ1) is 27.9. The predicted molar refractivity (Wildman–Crippen MR) is 152 cm³/mol. The third kappa shape index (κ3) is 6.73. The zero-order chi connectivity index (χ0) is 28.1. The third-order valence-electron chi connectivity index (χ3n) is 8.26. The van der Waals surface area contributed by atoms with Crippen molar-refractivity contribution in [2.45, 2.75) is 71.0 Å². The van der Waals surface area contributed by atoms with Gasteiger partial charge in [-0.05, 0) is 60.1 Å². The summed E-state index contributed by atoms with van der Waals surface area (Å²) in [6, 6.07) is 15.0. The van der Waals surface area contributed by atoms with Crippen molar-refractivity contribution in [2.24, 2.45) is 5.92 Å². The molecular weight excluding hydrogens is 508 g/mol. The molecule has 1 aliphatic carbocycles. The number of carboxylic acid groups (broad SMARTS) is 1. The average Bonchev–Trinajstić information content (AvgIpc) is 3.54. The largest absolute Gasteiger partial charge is 0.494 e. The fourth-order valence-corrected chi connectivity index (χ4v) is 6.17. The standard InChI is InChI=1S/C32H40N2O6/c1-22-17-24(7-9-28(22)40-16-14-34-30(35)11-12-31(34)36)21-33(20-23-5-3-2-4-6-23)27(19-32(37)38)25-8-10-29-26(18-25)13-15-39-29/h7-12,17-18,23,27,35-36H,2-6,13-16,19-21H2,1H3,(H,37,38). The lowest BCUT2D eigenvalue weighted by Gasteiger charge is -2.36. The normalized spacial score (nSPS) is 16.1. The monoisotopic (exact) mass is 548 g/mol. The summed E-state index contributed by atoms with van der Waals surface area (Å²) < 4.78 is 13.1. The van der Waals surface area contributed by atoms with Crippen LogP contribution < -0.4 is 9.47 Å². The van der Waals surface area contributed by atoms with Gasteiger partial charge in [0.2, 0.25) is 0 Å². The summed E-state index contributed by atoms with van der Waals surface area (Å²) in [5.41, 5.74) is 4.29. The molecule has 2 aromatic carbocycles. The minimum Gasteiger partial charge on any atom is -0.494 e. The maximum atomic E-state index is 12.1. The topological polar surface area (TPSA) is 104 Å². The molecule has 3 N–H and O–H groups in total. The van der Waals surface area contributed by atoms with Crippen LogP contribution in [-0.2, 0) is 24.3 Å². The van der Waals surface area contributed by atoms with Gasteiger partial charge in [-0.25, -0.2) is 0 Å². The third-order valence-corrected chi connectivity index (χ3v) is 8.26. The van der Waals surface area contributed by atoms with Crippen LogP contribution in [0.3, 0.4) is 0 Å². The van der Waals surface area contributed by atoms with Crippen molar-refractivity contribution in [3.8, 4) is 23.3 Å². The number of nitrogens with zero attached hydrogens (tertiary/aromatic N) is 2. The Kier molecular flexibility index (Phi) is 8.85. The second-order valence-corrected chi connectivity index (χ2v) is 11.2. The van der Waals surface area contributed by atoms with E-state index in [2.05, 4.69) is 23.1 Å². The van der Waals surface area contributed by atoms with Crippen LogP contribution in [0.25, 0.3) is 0 Å². The van der Waals surface area contributed by atoms with Crippen molar-refractivity contribution >= 4 is 5.97 Å². The van der Waals surface area contributed by atoms with Gasteiger partial charge in [-0.1, -0.05) is 43.5 Å². The van der Waals surface area contributed by atoms with E-state index < -0.39 is 5.97 Å². The van der Waals surface area contributed by atoms with E-state index in [1.165, 1.54) is 48.8 Å². The number of aromatic nitrogens is 1. The van der Waals surface area contributed by atoms with Gasteiger partial charge in [-0.3, -0.25) is 14.3 Å². The Morgan fingerprint density at radius 3 is 2.58 bits per heavy atom. The second-order valence-electron chi connectivity index (χ2n) is 11.2. The van der Waals surface area contributed by atoms with Crippen molar-refractivity contribution in [1.29, 1.82) is 0 Å². The summed E-state index contributed by atoms with van der Waals surface area (Å²) in [5, 5.41) is 29.6. The number of ether oxygens (including phenoxy) is 2. The van der Waals surface area contributed by atoms with E-state index in [-0.39, 0.29) is 24.2 Å². The van der Waals surface area contributed by atoms with Gasteiger partial charge in [-0.2, -0.15) is 0 Å². The number of aryl methyl sites for hydroxylation is 1. The molecule has 0 bridgehead atoms. The van der Waals surface area contributed by atoms with E-state index in [4.69, 9.17) is 9.47 Å².